The number of alkyl carbamates (subject to hydrolysis) is 1. The summed E-state index contributed by atoms with van der Waals surface area (Å²) in [6.07, 6.45) is 1.06. The van der Waals surface area contributed by atoms with E-state index >= 15 is 0 Å². The number of rotatable bonds is 3. The highest BCUT2D eigenvalue weighted by molar-refractivity contribution is 7.07. The van der Waals surface area contributed by atoms with Crippen molar-refractivity contribution in [3.05, 3.63) is 51.6 Å². The van der Waals surface area contributed by atoms with Crippen molar-refractivity contribution in [3.8, 4) is 6.07 Å². The molecule has 4 rings (SSSR count). The summed E-state index contributed by atoms with van der Waals surface area (Å²) in [5.74, 6) is 0. The molecule has 28 heavy (non-hydrogen) atoms. The summed E-state index contributed by atoms with van der Waals surface area (Å²) >= 11 is 1.58. The van der Waals surface area contributed by atoms with Gasteiger partial charge in [0.15, 0.2) is 0 Å². The van der Waals surface area contributed by atoms with Gasteiger partial charge in [0.1, 0.15) is 5.60 Å². The van der Waals surface area contributed by atoms with Gasteiger partial charge in [-0.1, -0.05) is 0 Å². The van der Waals surface area contributed by atoms with Crippen LogP contribution in [0.1, 0.15) is 43.3 Å². The molecule has 2 heterocycles. The lowest BCUT2D eigenvalue weighted by molar-refractivity contribution is 0.0506. The summed E-state index contributed by atoms with van der Waals surface area (Å²) in [4.78, 5) is 16.6. The standard InChI is InChI=1S/C21H22N4O2S/c1-21(2,3)27-20(26)24-14-7-17-16-6-13(9-22)4-5-18(16)25(19(17)8-14)10-15-11-28-12-23-15/h4-6,11-12,14H,7-8,10H2,1-3H3,(H,24,26)/t14-/m1/s1. The van der Waals surface area contributed by atoms with Crippen LogP contribution in [0, 0.1) is 11.3 Å². The van der Waals surface area contributed by atoms with Crippen molar-refractivity contribution in [3.63, 3.8) is 0 Å². The van der Waals surface area contributed by atoms with Gasteiger partial charge in [-0.3, -0.25) is 0 Å². The summed E-state index contributed by atoms with van der Waals surface area (Å²) < 4.78 is 7.67. The number of carbonyl (C=O) groups excluding carboxylic acids is 1. The molecule has 0 saturated heterocycles. The molecule has 0 fully saturated rings. The zero-order chi connectivity index (χ0) is 19.9. The number of nitrogens with zero attached hydrogens (tertiary/aromatic N) is 3. The predicted octanol–water partition coefficient (Wildman–Crippen LogP) is 4.01. The van der Waals surface area contributed by atoms with Gasteiger partial charge in [-0.15, -0.1) is 11.3 Å². The van der Waals surface area contributed by atoms with Gasteiger partial charge in [-0.2, -0.15) is 5.26 Å². The molecule has 1 aliphatic rings. The molecule has 1 amide bonds. The zero-order valence-electron chi connectivity index (χ0n) is 16.2. The van der Waals surface area contributed by atoms with Crippen molar-refractivity contribution in [1.82, 2.24) is 14.9 Å². The van der Waals surface area contributed by atoms with Crippen LogP contribution in [0.2, 0.25) is 0 Å². The number of carbonyl (C=O) groups is 1. The Bertz CT molecular complexity index is 1070. The summed E-state index contributed by atoms with van der Waals surface area (Å²) in [6, 6.07) is 8.02. The Morgan fingerprint density at radius 3 is 2.93 bits per heavy atom. The third kappa shape index (κ3) is 3.60. The molecule has 7 heteroatoms. The first-order valence-electron chi connectivity index (χ1n) is 9.25. The van der Waals surface area contributed by atoms with Gasteiger partial charge >= 0.3 is 6.09 Å². The largest absolute Gasteiger partial charge is 0.444 e. The second-order valence-electron chi connectivity index (χ2n) is 8.09. The quantitative estimate of drug-likeness (QED) is 0.728. The first kappa shape index (κ1) is 18.5. The van der Waals surface area contributed by atoms with Gasteiger partial charge in [0.25, 0.3) is 0 Å². The zero-order valence-corrected chi connectivity index (χ0v) is 17.0. The monoisotopic (exact) mass is 394 g/mol. The minimum atomic E-state index is -0.524. The number of nitriles is 1. The molecule has 2 aromatic heterocycles. The fourth-order valence-electron chi connectivity index (χ4n) is 3.79. The van der Waals surface area contributed by atoms with Gasteiger partial charge in [0.05, 0.1) is 29.4 Å². The Morgan fingerprint density at radius 1 is 1.43 bits per heavy atom. The minimum absolute atomic E-state index is 0.0170. The molecule has 6 nitrogen and oxygen atoms in total. The molecular weight excluding hydrogens is 372 g/mol. The molecule has 0 radical (unpaired) electrons. The number of ether oxygens (including phenoxy) is 1. The molecule has 1 N–H and O–H groups in total. The number of nitrogens with one attached hydrogen (secondary N) is 1. The lowest BCUT2D eigenvalue weighted by Gasteiger charge is -2.22. The minimum Gasteiger partial charge on any atom is -0.444 e. The van der Waals surface area contributed by atoms with Crippen molar-refractivity contribution < 1.29 is 9.53 Å². The number of fused-ring (bicyclic) bond motifs is 3. The summed E-state index contributed by atoms with van der Waals surface area (Å²) in [5.41, 5.74) is 6.46. The molecule has 0 unspecified atom stereocenters. The lowest BCUT2D eigenvalue weighted by Crippen LogP contribution is -2.39. The van der Waals surface area contributed by atoms with Crippen molar-refractivity contribution in [1.29, 1.82) is 5.26 Å². The van der Waals surface area contributed by atoms with E-state index in [1.165, 1.54) is 11.3 Å². The highest BCUT2D eigenvalue weighted by atomic mass is 32.1. The van der Waals surface area contributed by atoms with E-state index in [-0.39, 0.29) is 6.04 Å². The Morgan fingerprint density at radius 2 is 2.25 bits per heavy atom. The van der Waals surface area contributed by atoms with E-state index in [0.29, 0.717) is 12.1 Å². The van der Waals surface area contributed by atoms with Gasteiger partial charge in [-0.25, -0.2) is 9.78 Å². The van der Waals surface area contributed by atoms with Crippen LogP contribution in [0.4, 0.5) is 4.79 Å². The Balaban J connectivity index is 1.66. The van der Waals surface area contributed by atoms with Gasteiger partial charge < -0.3 is 14.6 Å². The summed E-state index contributed by atoms with van der Waals surface area (Å²) in [5, 5.41) is 15.4. The fourth-order valence-corrected chi connectivity index (χ4v) is 4.34. The Labute approximate surface area is 167 Å². The van der Waals surface area contributed by atoms with Crippen LogP contribution in [-0.4, -0.2) is 27.3 Å². The topological polar surface area (TPSA) is 79.9 Å². The van der Waals surface area contributed by atoms with Crippen molar-refractivity contribution in [2.24, 2.45) is 0 Å². The average molecular weight is 395 g/mol. The fraction of sp³-hybridized carbons (Fsp3) is 0.381. The first-order chi connectivity index (χ1) is 13.3. The maximum Gasteiger partial charge on any atom is 0.407 e. The lowest BCUT2D eigenvalue weighted by atomic mass is 10.1. The number of hydrogen-bond donors (Lipinski definition) is 1. The second kappa shape index (κ2) is 6.95. The van der Waals surface area contributed by atoms with Crippen LogP contribution in [-0.2, 0) is 24.1 Å². The maximum atomic E-state index is 12.2. The summed E-state index contributed by atoms with van der Waals surface area (Å²) in [6.45, 7) is 6.25. The van der Waals surface area contributed by atoms with Crippen LogP contribution in [0.3, 0.4) is 0 Å². The third-order valence-corrected chi connectivity index (χ3v) is 5.47. The molecule has 0 saturated carbocycles. The van der Waals surface area contributed by atoms with E-state index in [2.05, 4.69) is 20.9 Å². The van der Waals surface area contributed by atoms with E-state index in [4.69, 9.17) is 4.74 Å². The van der Waals surface area contributed by atoms with Crippen LogP contribution < -0.4 is 5.32 Å². The number of benzene rings is 1. The number of thiazole rings is 1. The number of hydrogen-bond acceptors (Lipinski definition) is 5. The number of amides is 1. The Hall–Kier alpha value is -2.85. The van der Waals surface area contributed by atoms with E-state index < -0.39 is 11.7 Å². The van der Waals surface area contributed by atoms with Crippen molar-refractivity contribution >= 4 is 28.3 Å². The third-order valence-electron chi connectivity index (χ3n) is 4.83. The summed E-state index contributed by atoms with van der Waals surface area (Å²) in [7, 11) is 0. The van der Waals surface area contributed by atoms with E-state index in [9.17, 15) is 10.1 Å². The first-order valence-corrected chi connectivity index (χ1v) is 10.2. The molecule has 1 aromatic carbocycles. The smallest absolute Gasteiger partial charge is 0.407 e. The highest BCUT2D eigenvalue weighted by Crippen LogP contribution is 2.34. The van der Waals surface area contributed by atoms with Gasteiger partial charge in [0, 0.05) is 34.4 Å². The average Bonchev–Trinajstić information content (AvgIpc) is 3.31. The van der Waals surface area contributed by atoms with Crippen LogP contribution in [0.25, 0.3) is 10.9 Å². The van der Waals surface area contributed by atoms with Crippen LogP contribution in [0.5, 0.6) is 0 Å². The molecule has 1 aliphatic carbocycles. The van der Waals surface area contributed by atoms with E-state index in [0.717, 1.165) is 29.4 Å². The Kier molecular flexibility index (Phi) is 4.60. The van der Waals surface area contributed by atoms with E-state index in [1.54, 1.807) is 11.3 Å². The maximum absolute atomic E-state index is 12.2. The van der Waals surface area contributed by atoms with Crippen LogP contribution in [0.15, 0.2) is 29.1 Å². The van der Waals surface area contributed by atoms with E-state index in [1.807, 2.05) is 49.9 Å². The van der Waals surface area contributed by atoms with Crippen LogP contribution >= 0.6 is 11.3 Å². The molecule has 0 aliphatic heterocycles. The molecule has 0 bridgehead atoms. The van der Waals surface area contributed by atoms with Gasteiger partial charge in [0.2, 0.25) is 0 Å². The molecule has 1 atom stereocenters. The molecule has 144 valence electrons. The van der Waals surface area contributed by atoms with Crippen molar-refractivity contribution in [2.45, 2.75) is 51.8 Å². The second-order valence-corrected chi connectivity index (χ2v) is 8.80. The number of aromatic nitrogens is 2. The highest BCUT2D eigenvalue weighted by Gasteiger charge is 2.30. The normalized spacial score (nSPS) is 16.0. The molecule has 0 spiro atoms. The van der Waals surface area contributed by atoms with Crippen molar-refractivity contribution in [2.75, 3.05) is 0 Å². The van der Waals surface area contributed by atoms with Gasteiger partial charge in [-0.05, 0) is 51.0 Å². The SMILES string of the molecule is CC(C)(C)OC(=O)N[C@@H]1Cc2c(n(Cc3cscn3)c3ccc(C#N)cc23)C1. The predicted molar refractivity (Wildman–Crippen MR) is 108 cm³/mol. The molecule has 3 aromatic rings. The molecular formula is C21H22N4O2S.